The van der Waals surface area contributed by atoms with Crippen LogP contribution in [0.2, 0.25) is 0 Å². The van der Waals surface area contributed by atoms with Crippen LogP contribution in [0.25, 0.3) is 33.8 Å². The number of fused-ring (bicyclic) bond motifs is 1. The van der Waals surface area contributed by atoms with E-state index < -0.39 is 0 Å². The van der Waals surface area contributed by atoms with Crippen molar-refractivity contribution < 1.29 is 9.42 Å². The van der Waals surface area contributed by atoms with Gasteiger partial charge in [-0.2, -0.15) is 0 Å². The van der Waals surface area contributed by atoms with Crippen LogP contribution in [-0.2, 0) is 0 Å². The minimum atomic E-state index is -0.272. The summed E-state index contributed by atoms with van der Waals surface area (Å²) < 4.78 is 6.70. The highest BCUT2D eigenvalue weighted by Crippen LogP contribution is 2.35. The van der Waals surface area contributed by atoms with E-state index >= 15 is 0 Å². The van der Waals surface area contributed by atoms with E-state index in [0.717, 1.165) is 5.56 Å². The third kappa shape index (κ3) is 3.20. The number of benzene rings is 1. The Balaban J connectivity index is 2.07. The Morgan fingerprint density at radius 2 is 2.03 bits per heavy atom. The van der Waals surface area contributed by atoms with Gasteiger partial charge in [0.1, 0.15) is 5.52 Å². The van der Waals surface area contributed by atoms with Crippen LogP contribution in [0.1, 0.15) is 30.2 Å². The molecule has 0 saturated heterocycles. The number of aromatic nitrogens is 5. The van der Waals surface area contributed by atoms with Gasteiger partial charge in [-0.15, -0.1) is 6.58 Å². The predicted molar refractivity (Wildman–Crippen MR) is 114 cm³/mol. The molecule has 0 aliphatic rings. The molecule has 0 atom stereocenters. The van der Waals surface area contributed by atoms with Gasteiger partial charge in [-0.1, -0.05) is 36.4 Å². The summed E-state index contributed by atoms with van der Waals surface area (Å²) in [5.74, 6) is 0.312. The second-order valence-electron chi connectivity index (χ2n) is 6.98. The molecule has 152 valence electrons. The van der Waals surface area contributed by atoms with E-state index in [1.807, 2.05) is 48.7 Å². The number of rotatable bonds is 6. The highest BCUT2D eigenvalue weighted by atomic mass is 16.6. The van der Waals surface area contributed by atoms with Crippen molar-refractivity contribution in [2.45, 2.75) is 19.9 Å². The lowest BCUT2D eigenvalue weighted by Gasteiger charge is -2.14. The number of carbonyl (C=O) groups is 1. The first kappa shape index (κ1) is 19.3. The molecule has 0 radical (unpaired) electrons. The summed E-state index contributed by atoms with van der Waals surface area (Å²) in [4.78, 5) is 22.3. The number of nitrogen functional groups attached to an aromatic ring is 1. The van der Waals surface area contributed by atoms with Gasteiger partial charge < -0.3 is 15.6 Å². The fourth-order valence-electron chi connectivity index (χ4n) is 3.36. The van der Waals surface area contributed by atoms with Crippen LogP contribution in [0.3, 0.4) is 0 Å². The summed E-state index contributed by atoms with van der Waals surface area (Å²) in [5, 5.41) is 10.4. The van der Waals surface area contributed by atoms with Crippen LogP contribution in [0.5, 0.6) is 0 Å². The number of nitrogens with zero attached hydrogens (tertiary/aromatic N) is 5. The average molecular weight is 403 g/mol. The maximum absolute atomic E-state index is 12.9. The zero-order chi connectivity index (χ0) is 21.3. The van der Waals surface area contributed by atoms with Gasteiger partial charge in [0.25, 0.3) is 5.91 Å². The van der Waals surface area contributed by atoms with Crippen molar-refractivity contribution in [3.8, 4) is 22.8 Å². The molecule has 0 saturated carbocycles. The van der Waals surface area contributed by atoms with Crippen molar-refractivity contribution in [3.63, 3.8) is 0 Å². The van der Waals surface area contributed by atoms with Crippen molar-refractivity contribution >= 4 is 22.8 Å². The Morgan fingerprint density at radius 1 is 1.27 bits per heavy atom. The summed E-state index contributed by atoms with van der Waals surface area (Å²) in [6.07, 6.45) is 3.19. The van der Waals surface area contributed by atoms with Gasteiger partial charge in [0.05, 0.1) is 16.8 Å². The van der Waals surface area contributed by atoms with E-state index in [4.69, 9.17) is 15.3 Å². The SMILES string of the molecule is C=CCNC(=O)c1cnc(-c2ccccc2)c2nc(-c3nonc3N)n(C(C)C)c12. The number of amides is 1. The molecule has 0 unspecified atom stereocenters. The molecule has 1 amide bonds. The van der Waals surface area contributed by atoms with E-state index in [1.165, 1.54) is 0 Å². The van der Waals surface area contributed by atoms with Gasteiger partial charge >= 0.3 is 0 Å². The summed E-state index contributed by atoms with van der Waals surface area (Å²) >= 11 is 0. The molecule has 30 heavy (non-hydrogen) atoms. The van der Waals surface area contributed by atoms with E-state index in [-0.39, 0.29) is 17.8 Å². The molecule has 1 aromatic carbocycles. The van der Waals surface area contributed by atoms with Crippen LogP contribution < -0.4 is 11.1 Å². The zero-order valence-corrected chi connectivity index (χ0v) is 16.7. The van der Waals surface area contributed by atoms with Crippen molar-refractivity contribution in [1.29, 1.82) is 0 Å². The first-order valence-corrected chi connectivity index (χ1v) is 9.46. The van der Waals surface area contributed by atoms with Crippen molar-refractivity contribution in [3.05, 3.63) is 54.7 Å². The van der Waals surface area contributed by atoms with E-state index in [1.54, 1.807) is 12.3 Å². The minimum absolute atomic E-state index is 0.0573. The van der Waals surface area contributed by atoms with Gasteiger partial charge in [0, 0.05) is 24.3 Å². The number of nitrogens with two attached hydrogens (primary N) is 1. The van der Waals surface area contributed by atoms with Crippen LogP contribution in [0.15, 0.2) is 53.8 Å². The Bertz CT molecular complexity index is 1230. The normalized spacial score (nSPS) is 11.2. The van der Waals surface area contributed by atoms with Gasteiger partial charge in [-0.3, -0.25) is 9.78 Å². The quantitative estimate of drug-likeness (QED) is 0.474. The molecular weight excluding hydrogens is 382 g/mol. The third-order valence-corrected chi connectivity index (χ3v) is 4.65. The van der Waals surface area contributed by atoms with Crippen LogP contribution in [0, 0.1) is 0 Å². The predicted octanol–water partition coefficient (Wildman–Crippen LogP) is 3.23. The lowest BCUT2D eigenvalue weighted by Crippen LogP contribution is -2.24. The number of nitrogens with one attached hydrogen (secondary N) is 1. The largest absolute Gasteiger partial charge is 0.379 e. The number of hydrogen-bond acceptors (Lipinski definition) is 7. The summed E-state index contributed by atoms with van der Waals surface area (Å²) in [6.45, 7) is 7.96. The molecule has 0 aliphatic carbocycles. The first-order chi connectivity index (χ1) is 14.5. The molecule has 4 rings (SSSR count). The number of carbonyl (C=O) groups excluding carboxylic acids is 1. The van der Waals surface area contributed by atoms with Crippen molar-refractivity contribution in [1.82, 2.24) is 30.2 Å². The van der Waals surface area contributed by atoms with Gasteiger partial charge in [0.2, 0.25) is 0 Å². The number of pyridine rings is 1. The molecule has 0 bridgehead atoms. The third-order valence-electron chi connectivity index (χ3n) is 4.65. The second kappa shape index (κ2) is 7.78. The lowest BCUT2D eigenvalue weighted by atomic mass is 10.1. The fraction of sp³-hybridized carbons (Fsp3) is 0.190. The Morgan fingerprint density at radius 3 is 2.67 bits per heavy atom. The van der Waals surface area contributed by atoms with Gasteiger partial charge in [-0.25, -0.2) is 9.61 Å². The van der Waals surface area contributed by atoms with Crippen molar-refractivity contribution in [2.75, 3.05) is 12.3 Å². The van der Waals surface area contributed by atoms with E-state index in [0.29, 0.717) is 40.4 Å². The average Bonchev–Trinajstić information content (AvgIpc) is 3.35. The molecule has 0 fully saturated rings. The van der Waals surface area contributed by atoms with Gasteiger partial charge in [0.15, 0.2) is 17.3 Å². The molecule has 0 spiro atoms. The molecule has 3 aromatic heterocycles. The van der Waals surface area contributed by atoms with E-state index in [9.17, 15) is 4.79 Å². The topological polar surface area (TPSA) is 125 Å². The summed E-state index contributed by atoms with van der Waals surface area (Å²) in [7, 11) is 0. The van der Waals surface area contributed by atoms with Crippen LogP contribution in [-0.4, -0.2) is 37.3 Å². The van der Waals surface area contributed by atoms with Crippen LogP contribution in [0.4, 0.5) is 5.82 Å². The Labute approximate surface area is 172 Å². The zero-order valence-electron chi connectivity index (χ0n) is 16.7. The molecule has 3 N–H and O–H groups in total. The minimum Gasteiger partial charge on any atom is -0.379 e. The maximum Gasteiger partial charge on any atom is 0.255 e. The molecule has 4 aromatic rings. The summed E-state index contributed by atoms with van der Waals surface area (Å²) in [6, 6.07) is 9.61. The summed E-state index contributed by atoms with van der Waals surface area (Å²) in [5.41, 5.74) is 9.40. The second-order valence-corrected chi connectivity index (χ2v) is 6.98. The van der Waals surface area contributed by atoms with Crippen LogP contribution >= 0.6 is 0 Å². The molecular formula is C21H21N7O2. The number of imidazole rings is 1. The molecule has 3 heterocycles. The monoisotopic (exact) mass is 403 g/mol. The maximum atomic E-state index is 12.9. The number of anilines is 1. The van der Waals surface area contributed by atoms with Crippen molar-refractivity contribution in [2.24, 2.45) is 0 Å². The number of hydrogen-bond donors (Lipinski definition) is 2. The Kier molecular flexibility index (Phi) is 5.01. The van der Waals surface area contributed by atoms with E-state index in [2.05, 4.69) is 27.2 Å². The highest BCUT2D eigenvalue weighted by Gasteiger charge is 2.26. The molecule has 9 nitrogen and oxygen atoms in total. The molecule has 0 aliphatic heterocycles. The molecule has 9 heteroatoms. The van der Waals surface area contributed by atoms with Gasteiger partial charge in [-0.05, 0) is 24.2 Å². The smallest absolute Gasteiger partial charge is 0.255 e. The lowest BCUT2D eigenvalue weighted by molar-refractivity contribution is 0.0959. The first-order valence-electron chi connectivity index (χ1n) is 9.46. The standard InChI is InChI=1S/C21H21N7O2/c1-4-10-23-21(29)14-11-24-15(13-8-6-5-7-9-13)16-18(14)28(12(2)3)20(25-16)17-19(22)27-30-26-17/h4-9,11-12H,1,10H2,2-3H3,(H2,22,27)(H,23,29). The highest BCUT2D eigenvalue weighted by molar-refractivity contribution is 6.08. The fourth-order valence-corrected chi connectivity index (χ4v) is 3.36. The Hall–Kier alpha value is -4.01.